The maximum Gasteiger partial charge on any atom is 0.416 e. The number of hydrogen-bond donors (Lipinski definition) is 0. The molecule has 5 rings (SSSR count). The lowest BCUT2D eigenvalue weighted by Crippen LogP contribution is -2.20. The fraction of sp³-hybridized carbons (Fsp3) is 0.0741. The number of halogens is 4. The van der Waals surface area contributed by atoms with E-state index in [1.165, 1.54) is 18.3 Å². The minimum atomic E-state index is -4.55. The highest BCUT2D eigenvalue weighted by Crippen LogP contribution is 2.32. The van der Waals surface area contributed by atoms with E-state index in [9.17, 15) is 18.0 Å². The van der Waals surface area contributed by atoms with Crippen molar-refractivity contribution in [2.45, 2.75) is 13.1 Å². The third-order valence-corrected chi connectivity index (χ3v) is 5.83. The van der Waals surface area contributed by atoms with Gasteiger partial charge in [0.2, 0.25) is 0 Å². The average Bonchev–Trinajstić information content (AvgIpc) is 3.33. The van der Waals surface area contributed by atoms with Crippen LogP contribution >= 0.6 is 11.6 Å². The van der Waals surface area contributed by atoms with Crippen molar-refractivity contribution in [1.29, 1.82) is 0 Å². The second kappa shape index (κ2) is 9.13. The summed E-state index contributed by atoms with van der Waals surface area (Å²) in [5.41, 5.74) is 0.820. The summed E-state index contributed by atoms with van der Waals surface area (Å²) in [6.07, 6.45) is -3.23. The molecule has 0 spiro atoms. The van der Waals surface area contributed by atoms with Crippen molar-refractivity contribution in [3.05, 3.63) is 111 Å². The van der Waals surface area contributed by atoms with Gasteiger partial charge in [-0.15, -0.1) is 0 Å². The lowest BCUT2D eigenvalue weighted by atomic mass is 10.1. The van der Waals surface area contributed by atoms with E-state index in [0.29, 0.717) is 22.1 Å². The summed E-state index contributed by atoms with van der Waals surface area (Å²) in [5, 5.41) is 5.09. The van der Waals surface area contributed by atoms with E-state index >= 15 is 0 Å². The number of benzene rings is 3. The Morgan fingerprint density at radius 2 is 1.81 bits per heavy atom. The molecular weight excluding hydrogens is 491 g/mol. The van der Waals surface area contributed by atoms with E-state index in [4.69, 9.17) is 16.0 Å². The second-order valence-electron chi connectivity index (χ2n) is 8.05. The Morgan fingerprint density at radius 3 is 2.61 bits per heavy atom. The van der Waals surface area contributed by atoms with Gasteiger partial charge in [0, 0.05) is 16.1 Å². The van der Waals surface area contributed by atoms with E-state index in [-0.39, 0.29) is 16.8 Å². The minimum Gasteiger partial charge on any atom is -0.455 e. The number of aryl methyl sites for hydroxylation is 1. The van der Waals surface area contributed by atoms with Crippen molar-refractivity contribution < 1.29 is 17.6 Å². The zero-order valence-corrected chi connectivity index (χ0v) is 19.5. The number of nitrogens with zero attached hydrogens (tertiary/aromatic N) is 3. The SMILES string of the molecule is Cc1ccc(Cl)cc1-c1ccc(C=Nn2c(-c3cccc(C(F)(F)F)c3)nc3ccccc3c2=O)o1. The van der Waals surface area contributed by atoms with Crippen LogP contribution in [0.4, 0.5) is 13.2 Å². The topological polar surface area (TPSA) is 60.4 Å². The first-order valence-corrected chi connectivity index (χ1v) is 11.2. The number of rotatable bonds is 4. The maximum absolute atomic E-state index is 13.3. The molecule has 0 N–H and O–H groups in total. The molecule has 0 unspecified atom stereocenters. The minimum absolute atomic E-state index is 0.0292. The van der Waals surface area contributed by atoms with Crippen LogP contribution in [0.5, 0.6) is 0 Å². The van der Waals surface area contributed by atoms with Crippen molar-refractivity contribution in [2.75, 3.05) is 0 Å². The molecule has 0 atom stereocenters. The third-order valence-electron chi connectivity index (χ3n) is 5.59. The fourth-order valence-corrected chi connectivity index (χ4v) is 3.97. The van der Waals surface area contributed by atoms with E-state index < -0.39 is 17.3 Å². The predicted molar refractivity (Wildman–Crippen MR) is 133 cm³/mol. The van der Waals surface area contributed by atoms with Crippen LogP contribution < -0.4 is 5.56 Å². The van der Waals surface area contributed by atoms with Gasteiger partial charge in [-0.25, -0.2) is 4.98 Å². The summed E-state index contributed by atoms with van der Waals surface area (Å²) >= 11 is 6.11. The zero-order chi connectivity index (χ0) is 25.4. The highest BCUT2D eigenvalue weighted by atomic mass is 35.5. The molecule has 0 amide bonds. The van der Waals surface area contributed by atoms with Crippen LogP contribution in [0.2, 0.25) is 5.02 Å². The lowest BCUT2D eigenvalue weighted by Gasteiger charge is -2.11. The summed E-state index contributed by atoms with van der Waals surface area (Å²) < 4.78 is 46.9. The Kier molecular flexibility index (Phi) is 5.97. The summed E-state index contributed by atoms with van der Waals surface area (Å²) in [6, 6.07) is 20.0. The molecule has 36 heavy (non-hydrogen) atoms. The molecule has 0 aliphatic heterocycles. The van der Waals surface area contributed by atoms with Crippen molar-refractivity contribution in [2.24, 2.45) is 5.10 Å². The van der Waals surface area contributed by atoms with Crippen LogP contribution in [-0.4, -0.2) is 15.9 Å². The number of alkyl halides is 3. The summed E-state index contributed by atoms with van der Waals surface area (Å²) in [7, 11) is 0. The summed E-state index contributed by atoms with van der Waals surface area (Å²) in [5.74, 6) is 0.858. The highest BCUT2D eigenvalue weighted by molar-refractivity contribution is 6.30. The molecule has 9 heteroatoms. The number of para-hydroxylation sites is 1. The average molecular weight is 508 g/mol. The van der Waals surface area contributed by atoms with Gasteiger partial charge in [0.05, 0.1) is 22.7 Å². The molecule has 0 saturated carbocycles. The van der Waals surface area contributed by atoms with Gasteiger partial charge < -0.3 is 4.42 Å². The predicted octanol–water partition coefficient (Wildman–Crippen LogP) is 7.19. The van der Waals surface area contributed by atoms with Gasteiger partial charge in [-0.3, -0.25) is 4.79 Å². The monoisotopic (exact) mass is 507 g/mol. The lowest BCUT2D eigenvalue weighted by molar-refractivity contribution is -0.137. The molecule has 5 nitrogen and oxygen atoms in total. The van der Waals surface area contributed by atoms with Crippen molar-refractivity contribution in [1.82, 2.24) is 9.66 Å². The van der Waals surface area contributed by atoms with Gasteiger partial charge in [0.1, 0.15) is 11.5 Å². The first-order valence-electron chi connectivity index (χ1n) is 10.8. The van der Waals surface area contributed by atoms with E-state index in [0.717, 1.165) is 27.9 Å². The normalized spacial score (nSPS) is 12.0. The van der Waals surface area contributed by atoms with Crippen LogP contribution in [-0.2, 0) is 6.18 Å². The number of hydrogen-bond acceptors (Lipinski definition) is 4. The fourth-order valence-electron chi connectivity index (χ4n) is 3.79. The van der Waals surface area contributed by atoms with Gasteiger partial charge >= 0.3 is 6.18 Å². The van der Waals surface area contributed by atoms with Crippen molar-refractivity contribution in [3.8, 4) is 22.7 Å². The second-order valence-corrected chi connectivity index (χ2v) is 8.49. The molecule has 5 aromatic rings. The van der Waals surface area contributed by atoms with Crippen LogP contribution in [0, 0.1) is 6.92 Å². The smallest absolute Gasteiger partial charge is 0.416 e. The Hall–Kier alpha value is -4.17. The molecule has 3 aromatic carbocycles. The standard InChI is InChI=1S/C27H17ClF3N3O2/c1-16-9-10-19(28)14-22(16)24-12-11-20(36-24)15-32-34-25(17-5-4-6-18(13-17)27(29,30)31)33-23-8-3-2-7-21(23)26(34)35/h2-15H,1H3. The van der Waals surface area contributed by atoms with Gasteiger partial charge in [-0.1, -0.05) is 41.9 Å². The van der Waals surface area contributed by atoms with E-state index in [1.54, 1.807) is 48.5 Å². The molecule has 0 fully saturated rings. The van der Waals surface area contributed by atoms with Gasteiger partial charge in [-0.2, -0.15) is 22.9 Å². The molecule has 0 aliphatic carbocycles. The molecule has 0 bridgehead atoms. The van der Waals surface area contributed by atoms with Crippen LogP contribution in [0.1, 0.15) is 16.9 Å². The van der Waals surface area contributed by atoms with Crippen molar-refractivity contribution in [3.63, 3.8) is 0 Å². The Bertz CT molecular complexity index is 1690. The largest absolute Gasteiger partial charge is 0.455 e. The van der Waals surface area contributed by atoms with Crippen LogP contribution in [0.25, 0.3) is 33.6 Å². The third kappa shape index (κ3) is 4.55. The summed E-state index contributed by atoms with van der Waals surface area (Å²) in [6.45, 7) is 1.92. The van der Waals surface area contributed by atoms with Crippen molar-refractivity contribution >= 4 is 28.7 Å². The zero-order valence-electron chi connectivity index (χ0n) is 18.8. The molecule has 180 valence electrons. The Morgan fingerprint density at radius 1 is 1.00 bits per heavy atom. The first kappa shape index (κ1) is 23.6. The molecule has 0 aliphatic rings. The quantitative estimate of drug-likeness (QED) is 0.242. The Labute approximate surface area is 208 Å². The van der Waals surface area contributed by atoms with Gasteiger partial charge in [0.15, 0.2) is 5.82 Å². The molecular formula is C27H17ClF3N3O2. The highest BCUT2D eigenvalue weighted by Gasteiger charge is 2.31. The van der Waals surface area contributed by atoms with E-state index in [1.807, 2.05) is 13.0 Å². The van der Waals surface area contributed by atoms with Crippen LogP contribution in [0.3, 0.4) is 0 Å². The molecule has 2 aromatic heterocycles. The van der Waals surface area contributed by atoms with E-state index in [2.05, 4.69) is 10.1 Å². The maximum atomic E-state index is 13.3. The number of fused-ring (bicyclic) bond motifs is 1. The molecule has 2 heterocycles. The molecule has 0 radical (unpaired) electrons. The Balaban J connectivity index is 1.62. The summed E-state index contributed by atoms with van der Waals surface area (Å²) in [4.78, 5) is 17.7. The van der Waals surface area contributed by atoms with Gasteiger partial charge in [0.25, 0.3) is 5.56 Å². The molecule has 0 saturated heterocycles. The van der Waals surface area contributed by atoms with Crippen LogP contribution in [0.15, 0.2) is 93.2 Å². The van der Waals surface area contributed by atoms with Gasteiger partial charge in [-0.05, 0) is 61.0 Å². The first-order chi connectivity index (χ1) is 17.2. The number of aromatic nitrogens is 2. The number of furan rings is 1.